The molecule has 1 atom stereocenters. The first-order valence-corrected chi connectivity index (χ1v) is 6.75. The lowest BCUT2D eigenvalue weighted by molar-refractivity contribution is -0.138. The van der Waals surface area contributed by atoms with Gasteiger partial charge in [0.15, 0.2) is 0 Å². The maximum absolute atomic E-state index is 12.0. The van der Waals surface area contributed by atoms with Crippen molar-refractivity contribution < 1.29 is 14.7 Å². The SMILES string of the molecule is CCNC(C)CC(=O)N1CCC(CC(=O)O)CC1. The third-order valence-electron chi connectivity index (χ3n) is 3.46. The summed E-state index contributed by atoms with van der Waals surface area (Å²) in [6, 6.07) is 0.208. The summed E-state index contributed by atoms with van der Waals surface area (Å²) in [5.74, 6) is -0.324. The van der Waals surface area contributed by atoms with Gasteiger partial charge in [-0.2, -0.15) is 0 Å². The highest BCUT2D eigenvalue weighted by Gasteiger charge is 2.24. The number of hydrogen-bond donors (Lipinski definition) is 2. The molecule has 104 valence electrons. The number of nitrogens with one attached hydrogen (secondary N) is 1. The molecule has 1 rings (SSSR count). The molecule has 1 saturated heterocycles. The maximum Gasteiger partial charge on any atom is 0.303 e. The molecule has 0 aromatic rings. The Bertz CT molecular complexity index is 286. The van der Waals surface area contributed by atoms with Crippen LogP contribution in [0.25, 0.3) is 0 Å². The van der Waals surface area contributed by atoms with E-state index in [2.05, 4.69) is 5.32 Å². The quantitative estimate of drug-likeness (QED) is 0.746. The summed E-state index contributed by atoms with van der Waals surface area (Å²) in [6.45, 7) is 6.32. The lowest BCUT2D eigenvalue weighted by Gasteiger charge is -2.32. The van der Waals surface area contributed by atoms with Crippen LogP contribution in [0.1, 0.15) is 39.5 Å². The standard InChI is InChI=1S/C13H24N2O3/c1-3-14-10(2)8-12(16)15-6-4-11(5-7-15)9-13(17)18/h10-11,14H,3-9H2,1-2H3,(H,17,18). The highest BCUT2D eigenvalue weighted by molar-refractivity contribution is 5.77. The number of likely N-dealkylation sites (tertiary alicyclic amines) is 1. The van der Waals surface area contributed by atoms with Gasteiger partial charge in [0.1, 0.15) is 0 Å². The van der Waals surface area contributed by atoms with Gasteiger partial charge in [0.05, 0.1) is 0 Å². The van der Waals surface area contributed by atoms with E-state index >= 15 is 0 Å². The van der Waals surface area contributed by atoms with Crippen LogP contribution in [0, 0.1) is 5.92 Å². The number of aliphatic carboxylic acids is 1. The van der Waals surface area contributed by atoms with Crippen LogP contribution in [0.5, 0.6) is 0 Å². The maximum atomic E-state index is 12.0. The summed E-state index contributed by atoms with van der Waals surface area (Å²) in [5.41, 5.74) is 0. The largest absolute Gasteiger partial charge is 0.481 e. The Hall–Kier alpha value is -1.10. The van der Waals surface area contributed by atoms with Gasteiger partial charge in [-0.05, 0) is 32.2 Å². The van der Waals surface area contributed by atoms with E-state index in [1.54, 1.807) is 0 Å². The van der Waals surface area contributed by atoms with Gasteiger partial charge in [-0.25, -0.2) is 0 Å². The van der Waals surface area contributed by atoms with Gasteiger partial charge in [0.25, 0.3) is 0 Å². The Balaban J connectivity index is 2.29. The second-order valence-corrected chi connectivity index (χ2v) is 5.08. The van der Waals surface area contributed by atoms with Crippen molar-refractivity contribution in [1.29, 1.82) is 0 Å². The van der Waals surface area contributed by atoms with Gasteiger partial charge in [-0.15, -0.1) is 0 Å². The average molecular weight is 256 g/mol. The topological polar surface area (TPSA) is 69.6 Å². The molecule has 2 N–H and O–H groups in total. The molecule has 0 spiro atoms. The van der Waals surface area contributed by atoms with Crippen LogP contribution in [0.3, 0.4) is 0 Å². The monoisotopic (exact) mass is 256 g/mol. The minimum Gasteiger partial charge on any atom is -0.481 e. The van der Waals surface area contributed by atoms with Crippen molar-refractivity contribution >= 4 is 11.9 Å². The van der Waals surface area contributed by atoms with Crippen LogP contribution in [-0.4, -0.2) is 47.6 Å². The van der Waals surface area contributed by atoms with Crippen molar-refractivity contribution in [3.05, 3.63) is 0 Å². The highest BCUT2D eigenvalue weighted by Crippen LogP contribution is 2.21. The van der Waals surface area contributed by atoms with Gasteiger partial charge in [-0.3, -0.25) is 9.59 Å². The number of carbonyl (C=O) groups is 2. The van der Waals surface area contributed by atoms with Crippen molar-refractivity contribution in [1.82, 2.24) is 10.2 Å². The zero-order valence-electron chi connectivity index (χ0n) is 11.3. The summed E-state index contributed by atoms with van der Waals surface area (Å²) in [5, 5.41) is 12.0. The first-order chi connectivity index (χ1) is 8.52. The fourth-order valence-electron chi connectivity index (χ4n) is 2.45. The first-order valence-electron chi connectivity index (χ1n) is 6.75. The molecule has 0 saturated carbocycles. The smallest absolute Gasteiger partial charge is 0.303 e. The predicted octanol–water partition coefficient (Wildman–Crippen LogP) is 1.09. The molecule has 1 heterocycles. The number of carboxylic acids is 1. The second-order valence-electron chi connectivity index (χ2n) is 5.08. The zero-order chi connectivity index (χ0) is 13.5. The minimum atomic E-state index is -0.736. The predicted molar refractivity (Wildman–Crippen MR) is 69.3 cm³/mol. The van der Waals surface area contributed by atoms with Crippen LogP contribution in [0.15, 0.2) is 0 Å². The molecule has 0 aliphatic carbocycles. The van der Waals surface area contributed by atoms with Gasteiger partial charge >= 0.3 is 5.97 Å². The molecule has 1 aliphatic heterocycles. The summed E-state index contributed by atoms with van der Waals surface area (Å²) < 4.78 is 0. The van der Waals surface area contributed by atoms with E-state index < -0.39 is 5.97 Å². The van der Waals surface area contributed by atoms with Gasteiger partial charge < -0.3 is 15.3 Å². The first kappa shape index (κ1) is 15.0. The Labute approximate surface area is 109 Å². The fraction of sp³-hybridized carbons (Fsp3) is 0.846. The summed E-state index contributed by atoms with van der Waals surface area (Å²) in [7, 11) is 0. The third kappa shape index (κ3) is 5.04. The van der Waals surface area contributed by atoms with E-state index in [4.69, 9.17) is 5.11 Å². The zero-order valence-corrected chi connectivity index (χ0v) is 11.3. The molecule has 1 aliphatic rings. The van der Waals surface area contributed by atoms with E-state index in [1.807, 2.05) is 18.7 Å². The number of piperidine rings is 1. The van der Waals surface area contributed by atoms with Crippen molar-refractivity contribution in [3.8, 4) is 0 Å². The van der Waals surface area contributed by atoms with Crippen molar-refractivity contribution in [2.24, 2.45) is 5.92 Å². The molecule has 0 bridgehead atoms. The van der Waals surface area contributed by atoms with Crippen LogP contribution >= 0.6 is 0 Å². The molecule has 1 unspecified atom stereocenters. The number of nitrogens with zero attached hydrogens (tertiary/aromatic N) is 1. The summed E-state index contributed by atoms with van der Waals surface area (Å²) in [4.78, 5) is 24.5. The molecule has 0 aromatic carbocycles. The van der Waals surface area contributed by atoms with Crippen LogP contribution in [0.4, 0.5) is 0 Å². The molecule has 1 amide bonds. The van der Waals surface area contributed by atoms with E-state index in [0.29, 0.717) is 19.5 Å². The molecule has 0 aromatic heterocycles. The number of amides is 1. The van der Waals surface area contributed by atoms with Crippen LogP contribution in [0.2, 0.25) is 0 Å². The number of hydrogen-bond acceptors (Lipinski definition) is 3. The van der Waals surface area contributed by atoms with Crippen molar-refractivity contribution in [2.45, 2.75) is 45.6 Å². The Kier molecular flexibility index (Phi) is 6.12. The lowest BCUT2D eigenvalue weighted by atomic mass is 9.93. The van der Waals surface area contributed by atoms with E-state index in [-0.39, 0.29) is 24.3 Å². The van der Waals surface area contributed by atoms with Crippen molar-refractivity contribution in [2.75, 3.05) is 19.6 Å². The van der Waals surface area contributed by atoms with Crippen molar-refractivity contribution in [3.63, 3.8) is 0 Å². The summed E-state index contributed by atoms with van der Waals surface area (Å²) in [6.07, 6.45) is 2.38. The minimum absolute atomic E-state index is 0.178. The fourth-order valence-corrected chi connectivity index (χ4v) is 2.45. The summed E-state index contributed by atoms with van der Waals surface area (Å²) >= 11 is 0. The number of carboxylic acid groups (broad SMARTS) is 1. The lowest BCUT2D eigenvalue weighted by Crippen LogP contribution is -2.41. The molecule has 0 radical (unpaired) electrons. The second kappa shape index (κ2) is 7.36. The molecule has 1 fully saturated rings. The van der Waals surface area contributed by atoms with E-state index in [9.17, 15) is 9.59 Å². The molecular formula is C13H24N2O3. The highest BCUT2D eigenvalue weighted by atomic mass is 16.4. The number of rotatable bonds is 6. The Morgan fingerprint density at radius 1 is 1.39 bits per heavy atom. The van der Waals surface area contributed by atoms with Gasteiger partial charge in [-0.1, -0.05) is 6.92 Å². The Morgan fingerprint density at radius 3 is 2.50 bits per heavy atom. The van der Waals surface area contributed by atoms with Crippen LogP contribution < -0.4 is 5.32 Å². The molecule has 18 heavy (non-hydrogen) atoms. The number of carbonyl (C=O) groups excluding carboxylic acids is 1. The van der Waals surface area contributed by atoms with Crippen LogP contribution in [-0.2, 0) is 9.59 Å². The average Bonchev–Trinajstić information content (AvgIpc) is 2.29. The third-order valence-corrected chi connectivity index (χ3v) is 3.46. The Morgan fingerprint density at radius 2 is 2.00 bits per heavy atom. The molecule has 5 heteroatoms. The van der Waals surface area contributed by atoms with Gasteiger partial charge in [0.2, 0.25) is 5.91 Å². The molecular weight excluding hydrogens is 232 g/mol. The normalized spacial score (nSPS) is 18.7. The van der Waals surface area contributed by atoms with E-state index in [0.717, 1.165) is 19.4 Å². The van der Waals surface area contributed by atoms with Gasteiger partial charge in [0, 0.05) is 32.0 Å². The molecule has 5 nitrogen and oxygen atoms in total. The van der Waals surface area contributed by atoms with E-state index in [1.165, 1.54) is 0 Å².